The van der Waals surface area contributed by atoms with E-state index in [-0.39, 0.29) is 15.9 Å². The van der Waals surface area contributed by atoms with E-state index in [4.69, 9.17) is 11.6 Å². The molecule has 0 N–H and O–H groups in total. The molecule has 0 unspecified atom stereocenters. The van der Waals surface area contributed by atoms with E-state index < -0.39 is 11.7 Å². The third-order valence-electron chi connectivity index (χ3n) is 1.93. The Balaban J connectivity index is 2.83. The van der Waals surface area contributed by atoms with Gasteiger partial charge in [0.05, 0.1) is 16.8 Å². The first kappa shape index (κ1) is 10.2. The van der Waals surface area contributed by atoms with Gasteiger partial charge in [-0.25, -0.2) is 0 Å². The highest BCUT2D eigenvalue weighted by molar-refractivity contribution is 6.35. The van der Waals surface area contributed by atoms with Crippen LogP contribution in [0.2, 0.25) is 5.02 Å². The zero-order chi connectivity index (χ0) is 11.1. The third-order valence-corrected chi connectivity index (χ3v) is 2.23. The van der Waals surface area contributed by atoms with Gasteiger partial charge < -0.3 is 0 Å². The Hall–Kier alpha value is -1.36. The fraction of sp³-hybridized carbons (Fsp3) is 0.111. The molecule has 1 aromatic heterocycles. The van der Waals surface area contributed by atoms with Gasteiger partial charge in [-0.3, -0.25) is 0 Å². The van der Waals surface area contributed by atoms with Crippen LogP contribution in [0, 0.1) is 0 Å². The first-order valence-electron chi connectivity index (χ1n) is 3.97. The predicted molar refractivity (Wildman–Crippen MR) is 49.6 cm³/mol. The molecule has 6 heteroatoms. The SMILES string of the molecule is FC(F)(F)c1cccc2c(Cl)cnnc12. The maximum atomic E-state index is 12.5. The molecule has 0 aliphatic carbocycles. The van der Waals surface area contributed by atoms with Gasteiger partial charge in [0.2, 0.25) is 0 Å². The van der Waals surface area contributed by atoms with E-state index in [1.165, 1.54) is 18.3 Å². The molecule has 0 atom stereocenters. The summed E-state index contributed by atoms with van der Waals surface area (Å²) in [6.45, 7) is 0. The van der Waals surface area contributed by atoms with E-state index in [0.29, 0.717) is 0 Å². The van der Waals surface area contributed by atoms with Crippen molar-refractivity contribution in [2.24, 2.45) is 0 Å². The molecule has 0 bridgehead atoms. The number of benzene rings is 1. The molecule has 0 aliphatic heterocycles. The lowest BCUT2D eigenvalue weighted by molar-refractivity contribution is -0.136. The Morgan fingerprint density at radius 1 is 1.20 bits per heavy atom. The van der Waals surface area contributed by atoms with Crippen molar-refractivity contribution in [2.45, 2.75) is 6.18 Å². The Bertz CT molecular complexity index is 510. The number of hydrogen-bond acceptors (Lipinski definition) is 2. The Labute approximate surface area is 87.7 Å². The highest BCUT2D eigenvalue weighted by Gasteiger charge is 2.33. The van der Waals surface area contributed by atoms with Crippen LogP contribution in [-0.2, 0) is 6.18 Å². The summed E-state index contributed by atoms with van der Waals surface area (Å²) in [5, 5.41) is 7.27. The Morgan fingerprint density at radius 3 is 2.60 bits per heavy atom. The van der Waals surface area contributed by atoms with Gasteiger partial charge in [0, 0.05) is 5.39 Å². The van der Waals surface area contributed by atoms with Crippen LogP contribution in [0.1, 0.15) is 5.56 Å². The summed E-state index contributed by atoms with van der Waals surface area (Å²) in [4.78, 5) is 0. The topological polar surface area (TPSA) is 25.8 Å². The number of rotatable bonds is 0. The number of halogens is 4. The van der Waals surface area contributed by atoms with Crippen molar-refractivity contribution in [3.8, 4) is 0 Å². The minimum atomic E-state index is -4.45. The normalized spacial score (nSPS) is 12.0. The summed E-state index contributed by atoms with van der Waals surface area (Å²) < 4.78 is 37.6. The number of nitrogens with zero attached hydrogens (tertiary/aromatic N) is 2. The van der Waals surface area contributed by atoms with Crippen molar-refractivity contribution < 1.29 is 13.2 Å². The Morgan fingerprint density at radius 2 is 1.93 bits per heavy atom. The fourth-order valence-corrected chi connectivity index (χ4v) is 1.48. The quantitative estimate of drug-likeness (QED) is 0.696. The van der Waals surface area contributed by atoms with E-state index in [0.717, 1.165) is 6.07 Å². The van der Waals surface area contributed by atoms with Crippen molar-refractivity contribution >= 4 is 22.5 Å². The molecule has 0 fully saturated rings. The molecule has 0 spiro atoms. The number of fused-ring (bicyclic) bond motifs is 1. The summed E-state index contributed by atoms with van der Waals surface area (Å²) in [6, 6.07) is 3.72. The van der Waals surface area contributed by atoms with Gasteiger partial charge in [0.15, 0.2) is 0 Å². The van der Waals surface area contributed by atoms with Crippen LogP contribution in [0.5, 0.6) is 0 Å². The first-order valence-corrected chi connectivity index (χ1v) is 4.35. The van der Waals surface area contributed by atoms with Crippen LogP contribution in [0.3, 0.4) is 0 Å². The number of aromatic nitrogens is 2. The minimum absolute atomic E-state index is 0.158. The molecular formula is C9H4ClF3N2. The highest BCUT2D eigenvalue weighted by Crippen LogP contribution is 2.34. The van der Waals surface area contributed by atoms with Crippen molar-refractivity contribution in [3.05, 3.63) is 35.0 Å². The lowest BCUT2D eigenvalue weighted by Crippen LogP contribution is -2.06. The number of hydrogen-bond donors (Lipinski definition) is 0. The van der Waals surface area contributed by atoms with Gasteiger partial charge in [0.25, 0.3) is 0 Å². The van der Waals surface area contributed by atoms with Crippen LogP contribution in [0.4, 0.5) is 13.2 Å². The molecule has 0 aliphatic rings. The average Bonchev–Trinajstić information content (AvgIpc) is 2.16. The lowest BCUT2D eigenvalue weighted by Gasteiger charge is -2.08. The lowest BCUT2D eigenvalue weighted by atomic mass is 10.1. The van der Waals surface area contributed by atoms with Gasteiger partial charge in [-0.05, 0) is 6.07 Å². The van der Waals surface area contributed by atoms with Crippen molar-refractivity contribution in [1.29, 1.82) is 0 Å². The maximum Gasteiger partial charge on any atom is 0.418 e. The smallest absolute Gasteiger partial charge is 0.166 e. The van der Waals surface area contributed by atoms with Crippen LogP contribution in [-0.4, -0.2) is 10.2 Å². The monoisotopic (exact) mass is 232 g/mol. The Kier molecular flexibility index (Phi) is 2.26. The van der Waals surface area contributed by atoms with E-state index in [1.54, 1.807) is 0 Å². The van der Waals surface area contributed by atoms with Gasteiger partial charge in [0.1, 0.15) is 5.52 Å². The highest BCUT2D eigenvalue weighted by atomic mass is 35.5. The zero-order valence-corrected chi connectivity index (χ0v) is 7.97. The third kappa shape index (κ3) is 1.74. The molecule has 15 heavy (non-hydrogen) atoms. The summed E-state index contributed by atoms with van der Waals surface area (Å²) in [5.74, 6) is 0. The predicted octanol–water partition coefficient (Wildman–Crippen LogP) is 3.30. The van der Waals surface area contributed by atoms with Crippen LogP contribution < -0.4 is 0 Å². The second-order valence-corrected chi connectivity index (χ2v) is 3.30. The molecule has 2 aromatic rings. The van der Waals surface area contributed by atoms with Gasteiger partial charge in [-0.2, -0.15) is 18.3 Å². The average molecular weight is 233 g/mol. The molecule has 0 radical (unpaired) electrons. The molecule has 1 heterocycles. The van der Waals surface area contributed by atoms with E-state index >= 15 is 0 Å². The number of alkyl halides is 3. The molecule has 0 saturated heterocycles. The second kappa shape index (κ2) is 3.34. The van der Waals surface area contributed by atoms with E-state index in [2.05, 4.69) is 10.2 Å². The molecule has 0 amide bonds. The molecule has 0 saturated carbocycles. The van der Waals surface area contributed by atoms with Gasteiger partial charge in [-0.15, -0.1) is 5.10 Å². The minimum Gasteiger partial charge on any atom is -0.166 e. The maximum absolute atomic E-state index is 12.5. The van der Waals surface area contributed by atoms with E-state index in [1.807, 2.05) is 0 Å². The molecule has 2 nitrogen and oxygen atoms in total. The summed E-state index contributed by atoms with van der Waals surface area (Å²) in [5.41, 5.74) is -1.05. The molecule has 2 rings (SSSR count). The molecule has 1 aromatic carbocycles. The fourth-order valence-electron chi connectivity index (χ4n) is 1.28. The van der Waals surface area contributed by atoms with E-state index in [9.17, 15) is 13.2 Å². The first-order chi connectivity index (χ1) is 7.00. The second-order valence-electron chi connectivity index (χ2n) is 2.89. The van der Waals surface area contributed by atoms with Crippen molar-refractivity contribution in [3.63, 3.8) is 0 Å². The largest absolute Gasteiger partial charge is 0.418 e. The standard InChI is InChI=1S/C9H4ClF3N2/c10-7-4-14-15-8-5(7)2-1-3-6(8)9(11,12)13/h1-4H. The molecular weight excluding hydrogens is 229 g/mol. The van der Waals surface area contributed by atoms with Crippen LogP contribution in [0.25, 0.3) is 10.9 Å². The van der Waals surface area contributed by atoms with Gasteiger partial charge >= 0.3 is 6.18 Å². The molecule has 78 valence electrons. The van der Waals surface area contributed by atoms with Crippen LogP contribution >= 0.6 is 11.6 Å². The van der Waals surface area contributed by atoms with Crippen molar-refractivity contribution in [2.75, 3.05) is 0 Å². The zero-order valence-electron chi connectivity index (χ0n) is 7.22. The summed E-state index contributed by atoms with van der Waals surface area (Å²) in [7, 11) is 0. The van der Waals surface area contributed by atoms with Gasteiger partial charge in [-0.1, -0.05) is 23.7 Å². The summed E-state index contributed by atoms with van der Waals surface area (Å²) >= 11 is 5.71. The van der Waals surface area contributed by atoms with Crippen molar-refractivity contribution in [1.82, 2.24) is 10.2 Å². The van der Waals surface area contributed by atoms with Crippen LogP contribution in [0.15, 0.2) is 24.4 Å². The summed E-state index contributed by atoms with van der Waals surface area (Å²) in [6.07, 6.45) is -3.23.